The van der Waals surface area contributed by atoms with Gasteiger partial charge in [-0.2, -0.15) is 5.10 Å². The number of likely N-dealkylation sites (tertiary alicyclic amines) is 1. The molecule has 0 aromatic carbocycles. The third-order valence-corrected chi connectivity index (χ3v) is 5.53. The van der Waals surface area contributed by atoms with Crippen molar-refractivity contribution in [1.29, 1.82) is 0 Å². The Labute approximate surface area is 142 Å². The number of aromatic nitrogens is 2. The minimum Gasteiger partial charge on any atom is -0.388 e. The summed E-state index contributed by atoms with van der Waals surface area (Å²) in [7, 11) is 5.32. The molecule has 0 bridgehead atoms. The Morgan fingerprint density at radius 3 is 2.71 bits per heavy atom. The van der Waals surface area contributed by atoms with Crippen LogP contribution in [0.2, 0.25) is 0 Å². The van der Waals surface area contributed by atoms with Crippen molar-refractivity contribution < 1.29 is 14.7 Å². The van der Waals surface area contributed by atoms with Gasteiger partial charge in [0.05, 0.1) is 23.3 Å². The molecule has 1 N–H and O–H groups in total. The molecule has 0 unspecified atom stereocenters. The summed E-state index contributed by atoms with van der Waals surface area (Å²) in [6.45, 7) is 0.359. The highest BCUT2D eigenvalue weighted by Crippen LogP contribution is 2.38. The Bertz CT molecular complexity index is 638. The van der Waals surface area contributed by atoms with Crippen molar-refractivity contribution in [1.82, 2.24) is 19.6 Å². The molecule has 0 radical (unpaired) electrons. The molecule has 1 aromatic rings. The summed E-state index contributed by atoms with van der Waals surface area (Å²) < 4.78 is 1.72. The quantitative estimate of drug-likeness (QED) is 0.879. The molecule has 1 aliphatic heterocycles. The predicted molar refractivity (Wildman–Crippen MR) is 87.9 cm³/mol. The first-order valence-corrected chi connectivity index (χ1v) is 8.53. The minimum atomic E-state index is -0.733. The van der Waals surface area contributed by atoms with Crippen molar-refractivity contribution in [2.45, 2.75) is 43.7 Å². The van der Waals surface area contributed by atoms with Gasteiger partial charge < -0.3 is 14.9 Å². The number of aliphatic hydroxyl groups is 1. The van der Waals surface area contributed by atoms with E-state index in [1.165, 1.54) is 0 Å². The van der Waals surface area contributed by atoms with Crippen molar-refractivity contribution in [2.75, 3.05) is 20.6 Å². The van der Waals surface area contributed by atoms with E-state index in [2.05, 4.69) is 5.10 Å². The smallest absolute Gasteiger partial charge is 0.228 e. The Morgan fingerprint density at radius 2 is 2.17 bits per heavy atom. The Balaban J connectivity index is 1.82. The van der Waals surface area contributed by atoms with Gasteiger partial charge in [-0.3, -0.25) is 14.3 Å². The summed E-state index contributed by atoms with van der Waals surface area (Å²) in [5.41, 5.74) is 0.127. The van der Waals surface area contributed by atoms with Crippen molar-refractivity contribution >= 4 is 11.8 Å². The van der Waals surface area contributed by atoms with Crippen LogP contribution >= 0.6 is 0 Å². The standard InChI is InChI=1S/C17H26N4O3/c1-19(11-17(24)8-4-9-17)16(23)12-5-6-14(22)20(2)15(12)13-7-10-18-21(13)3/h7,10,12,15,24H,4-6,8-9,11H2,1-3H3/t12-,15-/m0/s1. The molecule has 0 spiro atoms. The molecule has 2 amide bonds. The molecular formula is C17H26N4O3. The van der Waals surface area contributed by atoms with Gasteiger partial charge in [-0.05, 0) is 31.7 Å². The highest BCUT2D eigenvalue weighted by Gasteiger charge is 2.43. The fourth-order valence-corrected chi connectivity index (χ4v) is 3.92. The molecule has 2 heterocycles. The van der Waals surface area contributed by atoms with E-state index >= 15 is 0 Å². The van der Waals surface area contributed by atoms with E-state index in [0.717, 1.165) is 25.0 Å². The summed E-state index contributed by atoms with van der Waals surface area (Å²) in [4.78, 5) is 28.5. The van der Waals surface area contributed by atoms with E-state index < -0.39 is 5.60 Å². The van der Waals surface area contributed by atoms with Gasteiger partial charge >= 0.3 is 0 Å². The maximum absolute atomic E-state index is 13.0. The third kappa shape index (κ3) is 2.92. The Morgan fingerprint density at radius 1 is 1.46 bits per heavy atom. The van der Waals surface area contributed by atoms with Crippen LogP contribution in [-0.2, 0) is 16.6 Å². The number of carbonyl (C=O) groups is 2. The number of rotatable bonds is 4. The lowest BCUT2D eigenvalue weighted by Crippen LogP contribution is -2.52. The van der Waals surface area contributed by atoms with E-state index in [0.29, 0.717) is 19.4 Å². The van der Waals surface area contributed by atoms with Gasteiger partial charge in [0.25, 0.3) is 0 Å². The van der Waals surface area contributed by atoms with Gasteiger partial charge in [-0.1, -0.05) is 0 Å². The van der Waals surface area contributed by atoms with Crippen molar-refractivity contribution in [3.63, 3.8) is 0 Å². The molecular weight excluding hydrogens is 308 g/mol. The zero-order valence-corrected chi connectivity index (χ0v) is 14.6. The van der Waals surface area contributed by atoms with Crippen LogP contribution in [0.5, 0.6) is 0 Å². The molecule has 132 valence electrons. The van der Waals surface area contributed by atoms with Crippen LogP contribution in [0, 0.1) is 5.92 Å². The summed E-state index contributed by atoms with van der Waals surface area (Å²) in [6.07, 6.45) is 5.10. The lowest BCUT2D eigenvalue weighted by Gasteiger charge is -2.43. The van der Waals surface area contributed by atoms with Crippen LogP contribution in [0.1, 0.15) is 43.8 Å². The van der Waals surface area contributed by atoms with E-state index in [1.54, 1.807) is 34.8 Å². The van der Waals surface area contributed by atoms with Crippen molar-refractivity contribution in [3.05, 3.63) is 18.0 Å². The summed E-state index contributed by atoms with van der Waals surface area (Å²) in [5, 5.41) is 14.5. The first-order chi connectivity index (χ1) is 11.3. The monoisotopic (exact) mass is 334 g/mol. The van der Waals surface area contributed by atoms with Gasteiger partial charge in [0.1, 0.15) is 0 Å². The largest absolute Gasteiger partial charge is 0.388 e. The van der Waals surface area contributed by atoms with Crippen molar-refractivity contribution in [2.24, 2.45) is 13.0 Å². The Kier molecular flexibility index (Phi) is 4.38. The Hall–Kier alpha value is -1.89. The minimum absolute atomic E-state index is 0.0131. The highest BCUT2D eigenvalue weighted by molar-refractivity contribution is 5.84. The van der Waals surface area contributed by atoms with Crippen LogP contribution in [0.25, 0.3) is 0 Å². The van der Waals surface area contributed by atoms with E-state index in [1.807, 2.05) is 13.1 Å². The van der Waals surface area contributed by atoms with Gasteiger partial charge in [-0.15, -0.1) is 0 Å². The fraction of sp³-hybridized carbons (Fsp3) is 0.706. The second kappa shape index (κ2) is 6.20. The molecule has 1 aromatic heterocycles. The zero-order chi connectivity index (χ0) is 17.5. The first-order valence-electron chi connectivity index (χ1n) is 8.53. The normalized spacial score (nSPS) is 26.2. The molecule has 3 rings (SSSR count). The predicted octanol–water partition coefficient (Wildman–Crippen LogP) is 0.703. The van der Waals surface area contributed by atoms with Crippen molar-refractivity contribution in [3.8, 4) is 0 Å². The number of piperidine rings is 1. The van der Waals surface area contributed by atoms with Gasteiger partial charge in [0.2, 0.25) is 11.8 Å². The average molecular weight is 334 g/mol. The maximum atomic E-state index is 13.0. The number of amides is 2. The lowest BCUT2D eigenvalue weighted by atomic mass is 9.79. The van der Waals surface area contributed by atoms with Crippen LogP contribution < -0.4 is 0 Å². The molecule has 1 aliphatic carbocycles. The number of carbonyl (C=O) groups excluding carboxylic acids is 2. The molecule has 2 aliphatic rings. The number of hydrogen-bond donors (Lipinski definition) is 1. The molecule has 2 fully saturated rings. The van der Waals surface area contributed by atoms with Gasteiger partial charge in [0.15, 0.2) is 0 Å². The summed E-state index contributed by atoms with van der Waals surface area (Å²) in [5.74, 6) is -0.275. The molecule has 1 saturated heterocycles. The topological polar surface area (TPSA) is 78.7 Å². The summed E-state index contributed by atoms with van der Waals surface area (Å²) >= 11 is 0. The van der Waals surface area contributed by atoms with Crippen LogP contribution in [0.15, 0.2) is 12.3 Å². The second-order valence-corrected chi connectivity index (χ2v) is 7.25. The van der Waals surface area contributed by atoms with Gasteiger partial charge in [-0.25, -0.2) is 0 Å². The van der Waals surface area contributed by atoms with Crippen LogP contribution in [-0.4, -0.2) is 62.7 Å². The van der Waals surface area contributed by atoms with E-state index in [-0.39, 0.29) is 23.8 Å². The third-order valence-electron chi connectivity index (χ3n) is 5.53. The second-order valence-electron chi connectivity index (χ2n) is 7.25. The van der Waals surface area contributed by atoms with E-state index in [4.69, 9.17) is 0 Å². The van der Waals surface area contributed by atoms with Crippen LogP contribution in [0.3, 0.4) is 0 Å². The summed E-state index contributed by atoms with van der Waals surface area (Å²) in [6, 6.07) is 1.55. The average Bonchev–Trinajstić information content (AvgIpc) is 2.93. The lowest BCUT2D eigenvalue weighted by molar-refractivity contribution is -0.149. The fourth-order valence-electron chi connectivity index (χ4n) is 3.92. The molecule has 2 atom stereocenters. The van der Waals surface area contributed by atoms with Crippen LogP contribution in [0.4, 0.5) is 0 Å². The highest BCUT2D eigenvalue weighted by atomic mass is 16.3. The molecule has 1 saturated carbocycles. The van der Waals surface area contributed by atoms with E-state index in [9.17, 15) is 14.7 Å². The molecule has 7 nitrogen and oxygen atoms in total. The number of aryl methyl sites for hydroxylation is 1. The zero-order valence-electron chi connectivity index (χ0n) is 14.6. The molecule has 7 heteroatoms. The SMILES string of the molecule is CN(CC1(O)CCC1)C(=O)[C@H]1CCC(=O)N(C)[C@@H]1c1ccnn1C. The maximum Gasteiger partial charge on any atom is 0.228 e. The molecule has 24 heavy (non-hydrogen) atoms. The van der Waals surface area contributed by atoms with Gasteiger partial charge in [0, 0.05) is 40.3 Å². The number of likely N-dealkylation sites (N-methyl/N-ethyl adjacent to an activating group) is 1. The number of nitrogens with zero attached hydrogens (tertiary/aromatic N) is 4. The first kappa shape index (κ1) is 17.0. The number of hydrogen-bond acceptors (Lipinski definition) is 4.